The van der Waals surface area contributed by atoms with Gasteiger partial charge in [-0.25, -0.2) is 0 Å². The van der Waals surface area contributed by atoms with Crippen LogP contribution >= 0.6 is 46.4 Å². The van der Waals surface area contributed by atoms with E-state index in [2.05, 4.69) is 36.4 Å². The van der Waals surface area contributed by atoms with Gasteiger partial charge in [0.05, 0.1) is 5.38 Å². The van der Waals surface area contributed by atoms with Crippen LogP contribution in [0, 0.1) is 5.92 Å². The number of alkyl halides is 4. The van der Waals surface area contributed by atoms with Crippen LogP contribution in [-0.2, 0) is 0 Å². The maximum atomic E-state index is 6.77. The highest BCUT2D eigenvalue weighted by atomic mass is 35.6. The highest BCUT2D eigenvalue weighted by molar-refractivity contribution is 6.68. The second-order valence-corrected chi connectivity index (χ2v) is 8.60. The van der Waals surface area contributed by atoms with Crippen LogP contribution in [0.5, 0.6) is 0 Å². The van der Waals surface area contributed by atoms with Crippen molar-refractivity contribution in [3.8, 4) is 0 Å². The number of hydrogen-bond acceptors (Lipinski definition) is 0. The van der Waals surface area contributed by atoms with Gasteiger partial charge in [-0.2, -0.15) is 0 Å². The van der Waals surface area contributed by atoms with Gasteiger partial charge in [-0.05, 0) is 22.3 Å². The average Bonchev–Trinajstić information content (AvgIpc) is 2.46. The maximum absolute atomic E-state index is 6.77. The van der Waals surface area contributed by atoms with E-state index in [1.54, 1.807) is 0 Å². The van der Waals surface area contributed by atoms with Crippen LogP contribution in [-0.4, -0.2) is 9.17 Å². The van der Waals surface area contributed by atoms with Gasteiger partial charge in [0.1, 0.15) is 0 Å². The summed E-state index contributed by atoms with van der Waals surface area (Å²) in [6, 6.07) is 16.7. The molecule has 0 aromatic heterocycles. The van der Waals surface area contributed by atoms with Gasteiger partial charge in [0, 0.05) is 17.8 Å². The first-order chi connectivity index (χ1) is 10.00. The Kier molecular flexibility index (Phi) is 3.25. The highest BCUT2D eigenvalue weighted by Crippen LogP contribution is 2.62. The molecule has 0 N–H and O–H groups in total. The van der Waals surface area contributed by atoms with Crippen LogP contribution in [0.1, 0.15) is 34.1 Å². The van der Waals surface area contributed by atoms with Gasteiger partial charge in [-0.1, -0.05) is 83.3 Å². The molecule has 0 radical (unpaired) electrons. The third kappa shape index (κ3) is 1.96. The van der Waals surface area contributed by atoms with Crippen LogP contribution in [0.25, 0.3) is 0 Å². The van der Waals surface area contributed by atoms with E-state index in [1.165, 1.54) is 22.3 Å². The third-order valence-electron chi connectivity index (χ3n) is 4.73. The van der Waals surface area contributed by atoms with Gasteiger partial charge in [-0.15, -0.1) is 11.6 Å². The Labute approximate surface area is 144 Å². The molecule has 2 aromatic rings. The van der Waals surface area contributed by atoms with Crippen molar-refractivity contribution in [2.24, 2.45) is 5.92 Å². The topological polar surface area (TPSA) is 0 Å². The van der Waals surface area contributed by atoms with Crippen molar-refractivity contribution in [2.75, 3.05) is 0 Å². The number of benzene rings is 2. The molecule has 0 saturated heterocycles. The molecule has 2 atom stereocenters. The largest absolute Gasteiger partial charge is 0.195 e. The lowest BCUT2D eigenvalue weighted by Gasteiger charge is -2.50. The van der Waals surface area contributed by atoms with Crippen LogP contribution in [0.15, 0.2) is 48.5 Å². The summed E-state index contributed by atoms with van der Waals surface area (Å²) in [7, 11) is 0. The Balaban J connectivity index is 2.03. The molecule has 0 heterocycles. The van der Waals surface area contributed by atoms with E-state index in [4.69, 9.17) is 46.4 Å². The molecule has 108 valence electrons. The van der Waals surface area contributed by atoms with Gasteiger partial charge >= 0.3 is 0 Å². The first kappa shape index (κ1) is 14.2. The first-order valence-corrected chi connectivity index (χ1v) is 8.45. The summed E-state index contributed by atoms with van der Waals surface area (Å²) >= 11 is 25.6. The second kappa shape index (κ2) is 4.80. The molecule has 3 aliphatic rings. The average molecular weight is 358 g/mol. The summed E-state index contributed by atoms with van der Waals surface area (Å²) in [4.78, 5) is 0. The Hall–Kier alpha value is -0.400. The van der Waals surface area contributed by atoms with Crippen molar-refractivity contribution >= 4 is 46.4 Å². The fourth-order valence-corrected chi connectivity index (χ4v) is 5.56. The van der Waals surface area contributed by atoms with Crippen molar-refractivity contribution < 1.29 is 0 Å². The molecular formula is C17H12Cl4. The molecule has 0 nitrogen and oxygen atoms in total. The molecule has 0 aliphatic heterocycles. The molecular weight excluding hydrogens is 346 g/mol. The van der Waals surface area contributed by atoms with E-state index >= 15 is 0 Å². The van der Waals surface area contributed by atoms with Gasteiger partial charge < -0.3 is 0 Å². The predicted octanol–water partition coefficient (Wildman–Crippen LogP) is 5.87. The number of fused-ring (bicyclic) bond motifs is 1. The Bertz CT molecular complexity index is 656. The fourth-order valence-electron chi connectivity index (χ4n) is 3.98. The van der Waals surface area contributed by atoms with Crippen molar-refractivity contribution in [1.82, 2.24) is 0 Å². The predicted molar refractivity (Wildman–Crippen MR) is 90.0 cm³/mol. The third-order valence-corrected chi connectivity index (χ3v) is 6.01. The maximum Gasteiger partial charge on any atom is 0.195 e. The van der Waals surface area contributed by atoms with E-state index in [-0.39, 0.29) is 23.1 Å². The van der Waals surface area contributed by atoms with E-state index in [9.17, 15) is 0 Å². The van der Waals surface area contributed by atoms with Crippen LogP contribution in [0.4, 0.5) is 0 Å². The zero-order valence-electron chi connectivity index (χ0n) is 10.9. The van der Waals surface area contributed by atoms with E-state index in [0.29, 0.717) is 0 Å². The second-order valence-electron chi connectivity index (χ2n) is 5.72. The van der Waals surface area contributed by atoms with E-state index in [0.717, 1.165) is 0 Å². The summed E-state index contributed by atoms with van der Waals surface area (Å²) in [5.41, 5.74) is 5.03. The standard InChI is InChI=1S/C17H12Cl4/c18-16-14-11-7-3-1-5-9(11)13(15(16)17(19,20)21)10-6-2-4-8-12(10)14/h1-8,13-16H. The monoisotopic (exact) mass is 356 g/mol. The molecule has 2 bridgehead atoms. The molecule has 3 aliphatic carbocycles. The Morgan fingerprint density at radius 2 is 1.05 bits per heavy atom. The minimum Gasteiger partial charge on any atom is -0.121 e. The normalized spacial score (nSPS) is 29.9. The van der Waals surface area contributed by atoms with Crippen molar-refractivity contribution in [2.45, 2.75) is 21.0 Å². The summed E-state index contributed by atoms with van der Waals surface area (Å²) in [5, 5.41) is -0.215. The lowest BCUT2D eigenvalue weighted by molar-refractivity contribution is 0.369. The Morgan fingerprint density at radius 1 is 0.667 bits per heavy atom. The number of hydrogen-bond donors (Lipinski definition) is 0. The van der Waals surface area contributed by atoms with Gasteiger partial charge in [0.25, 0.3) is 0 Å². The zero-order chi connectivity index (χ0) is 14.8. The molecule has 2 aromatic carbocycles. The quantitative estimate of drug-likeness (QED) is 0.517. The molecule has 4 heteroatoms. The lowest BCUT2D eigenvalue weighted by Crippen LogP contribution is -2.46. The van der Waals surface area contributed by atoms with Crippen LogP contribution < -0.4 is 0 Å². The Morgan fingerprint density at radius 3 is 1.43 bits per heavy atom. The smallest absolute Gasteiger partial charge is 0.121 e. The fraction of sp³-hybridized carbons (Fsp3) is 0.294. The minimum absolute atomic E-state index is 0.0393. The number of halogens is 4. The summed E-state index contributed by atoms with van der Waals surface area (Å²) < 4.78 is -1.38. The molecule has 2 unspecified atom stereocenters. The summed E-state index contributed by atoms with van der Waals surface area (Å²) in [5.74, 6) is -0.0962. The van der Waals surface area contributed by atoms with Gasteiger partial charge in [-0.3, -0.25) is 0 Å². The first-order valence-electron chi connectivity index (χ1n) is 6.88. The minimum atomic E-state index is -1.38. The van der Waals surface area contributed by atoms with Crippen LogP contribution in [0.2, 0.25) is 0 Å². The van der Waals surface area contributed by atoms with Gasteiger partial charge in [0.15, 0.2) is 3.79 Å². The van der Waals surface area contributed by atoms with E-state index < -0.39 is 3.79 Å². The SMILES string of the molecule is ClC1C2c3ccccc3C(c3ccccc32)C1C(Cl)(Cl)Cl. The van der Waals surface area contributed by atoms with Crippen LogP contribution in [0.3, 0.4) is 0 Å². The molecule has 0 saturated carbocycles. The summed E-state index contributed by atoms with van der Waals surface area (Å²) in [6.45, 7) is 0. The molecule has 0 fully saturated rings. The van der Waals surface area contributed by atoms with Crippen molar-refractivity contribution in [1.29, 1.82) is 0 Å². The summed E-state index contributed by atoms with van der Waals surface area (Å²) in [6.07, 6.45) is 0. The van der Waals surface area contributed by atoms with Crippen molar-refractivity contribution in [3.05, 3.63) is 70.8 Å². The van der Waals surface area contributed by atoms with Crippen molar-refractivity contribution in [3.63, 3.8) is 0 Å². The van der Waals surface area contributed by atoms with E-state index in [1.807, 2.05) is 12.1 Å². The molecule has 0 spiro atoms. The zero-order valence-corrected chi connectivity index (χ0v) is 14.0. The molecule has 21 heavy (non-hydrogen) atoms. The molecule has 0 amide bonds. The lowest BCUT2D eigenvalue weighted by atomic mass is 9.59. The number of rotatable bonds is 0. The molecule has 5 rings (SSSR count). The van der Waals surface area contributed by atoms with Gasteiger partial charge in [0.2, 0.25) is 0 Å². The highest BCUT2D eigenvalue weighted by Gasteiger charge is 2.55.